The second-order valence-electron chi connectivity index (χ2n) is 6.93. The van der Waals surface area contributed by atoms with Crippen LogP contribution in [0.2, 0.25) is 5.02 Å². The van der Waals surface area contributed by atoms with Gasteiger partial charge >= 0.3 is 0 Å². The lowest BCUT2D eigenvalue weighted by Gasteiger charge is -2.20. The van der Waals surface area contributed by atoms with E-state index in [1.54, 1.807) is 51.1 Å². The van der Waals surface area contributed by atoms with Gasteiger partial charge in [0.05, 0.1) is 31.5 Å². The molecule has 11 heteroatoms. The molecule has 190 valence electrons. The Balaban J connectivity index is 2.48. The van der Waals surface area contributed by atoms with Crippen molar-refractivity contribution in [2.24, 2.45) is 10.2 Å². The minimum atomic E-state index is -1.54. The molecular formula is C24H29Cl2N3O6. The van der Waals surface area contributed by atoms with Crippen LogP contribution in [-0.4, -0.2) is 44.2 Å². The van der Waals surface area contributed by atoms with E-state index >= 15 is 0 Å². The largest absolute Gasteiger partial charge is 0.494 e. The fourth-order valence-corrected chi connectivity index (χ4v) is 3.44. The second kappa shape index (κ2) is 13.7. The van der Waals surface area contributed by atoms with Gasteiger partial charge in [0, 0.05) is 17.8 Å². The molecule has 0 aromatic heterocycles. The maximum absolute atomic E-state index is 13.3. The molecule has 0 saturated carbocycles. The van der Waals surface area contributed by atoms with E-state index in [1.165, 1.54) is 6.92 Å². The summed E-state index contributed by atoms with van der Waals surface area (Å²) in [5, 5.41) is 8.43. The molecule has 0 spiro atoms. The first-order chi connectivity index (χ1) is 16.8. The molecule has 0 fully saturated rings. The van der Waals surface area contributed by atoms with E-state index in [1.807, 2.05) is 6.92 Å². The van der Waals surface area contributed by atoms with Crippen molar-refractivity contribution in [2.45, 2.75) is 40.7 Å². The molecule has 1 amide bonds. The highest BCUT2D eigenvalue weighted by Gasteiger charge is 2.31. The minimum Gasteiger partial charge on any atom is -0.494 e. The van der Waals surface area contributed by atoms with Crippen molar-refractivity contribution < 1.29 is 28.5 Å². The van der Waals surface area contributed by atoms with Gasteiger partial charge in [0.2, 0.25) is 6.04 Å². The lowest BCUT2D eigenvalue weighted by molar-refractivity contribution is -0.126. The van der Waals surface area contributed by atoms with Crippen LogP contribution in [0.15, 0.2) is 40.6 Å². The number of amides is 1. The predicted molar refractivity (Wildman–Crippen MR) is 135 cm³/mol. The smallest absolute Gasteiger partial charge is 0.276 e. The number of benzene rings is 2. The van der Waals surface area contributed by atoms with E-state index in [9.17, 15) is 9.59 Å². The number of ketones is 1. The van der Waals surface area contributed by atoms with Crippen molar-refractivity contribution in [3.05, 3.63) is 35.4 Å². The summed E-state index contributed by atoms with van der Waals surface area (Å²) in [6.07, 6.45) is 0. The molecule has 0 N–H and O–H groups in total. The van der Waals surface area contributed by atoms with Crippen molar-refractivity contribution in [1.29, 1.82) is 0 Å². The number of carbonyl (C=O) groups excluding carboxylic acids is 2. The average molecular weight is 526 g/mol. The number of anilines is 1. The monoisotopic (exact) mass is 525 g/mol. The van der Waals surface area contributed by atoms with Crippen LogP contribution in [0, 0.1) is 0 Å². The zero-order chi connectivity index (χ0) is 26.0. The molecular weight excluding hydrogens is 497 g/mol. The summed E-state index contributed by atoms with van der Waals surface area (Å²) in [4.78, 5) is 25.7. The Morgan fingerprint density at radius 1 is 0.914 bits per heavy atom. The van der Waals surface area contributed by atoms with E-state index in [0.29, 0.717) is 43.7 Å². The molecule has 2 aromatic carbocycles. The fraction of sp³-hybridized carbons (Fsp3) is 0.417. The summed E-state index contributed by atoms with van der Waals surface area (Å²) in [6.45, 7) is 9.83. The lowest BCUT2D eigenvalue weighted by atomic mass is 10.2. The third-order valence-electron chi connectivity index (χ3n) is 4.47. The normalized spacial score (nSPS) is 11.7. The van der Waals surface area contributed by atoms with Crippen LogP contribution in [0.25, 0.3) is 0 Å². The van der Waals surface area contributed by atoms with Gasteiger partial charge in [-0.25, -0.2) is 4.42 Å². The average Bonchev–Trinajstić information content (AvgIpc) is 2.83. The Kier molecular flexibility index (Phi) is 11.1. The second-order valence-corrected chi connectivity index (χ2v) is 7.68. The van der Waals surface area contributed by atoms with E-state index in [-0.39, 0.29) is 22.1 Å². The van der Waals surface area contributed by atoms with Crippen LogP contribution < -0.4 is 23.4 Å². The summed E-state index contributed by atoms with van der Waals surface area (Å²) in [5.41, 5.74) is 0.369. The molecule has 0 radical (unpaired) electrons. The number of hydrogen-bond donors (Lipinski definition) is 0. The van der Waals surface area contributed by atoms with Crippen molar-refractivity contribution in [1.82, 2.24) is 0 Å². The van der Waals surface area contributed by atoms with Gasteiger partial charge in [-0.1, -0.05) is 11.6 Å². The Hall–Kier alpha value is -3.04. The van der Waals surface area contributed by atoms with Crippen LogP contribution in [0.1, 0.15) is 34.6 Å². The van der Waals surface area contributed by atoms with E-state index < -0.39 is 17.7 Å². The zero-order valence-electron chi connectivity index (χ0n) is 20.3. The summed E-state index contributed by atoms with van der Waals surface area (Å²) in [5.74, 6) is -0.0107. The zero-order valence-corrected chi connectivity index (χ0v) is 21.9. The first kappa shape index (κ1) is 28.2. The first-order valence-electron chi connectivity index (χ1n) is 11.2. The SMILES string of the molecule is CCOc1ccc(OCC)c(N(Cl)C(=O)C(N=Nc2c(OCC)ccc(Cl)c2OCC)C(C)=O)c1. The van der Waals surface area contributed by atoms with Gasteiger partial charge in [0.1, 0.15) is 17.2 Å². The lowest BCUT2D eigenvalue weighted by Crippen LogP contribution is -2.36. The maximum Gasteiger partial charge on any atom is 0.276 e. The van der Waals surface area contributed by atoms with Crippen molar-refractivity contribution in [3.63, 3.8) is 0 Å². The molecule has 1 atom stereocenters. The Labute approximate surface area is 215 Å². The van der Waals surface area contributed by atoms with Crippen molar-refractivity contribution >= 4 is 46.4 Å². The highest BCUT2D eigenvalue weighted by molar-refractivity contribution is 6.39. The molecule has 0 heterocycles. The maximum atomic E-state index is 13.3. The third kappa shape index (κ3) is 7.22. The number of halogens is 2. The molecule has 0 aliphatic rings. The molecule has 1 unspecified atom stereocenters. The number of Topliss-reactive ketones (excluding diaryl/α,β-unsaturated/α-hetero) is 1. The van der Waals surface area contributed by atoms with E-state index in [4.69, 9.17) is 42.3 Å². The molecule has 0 aliphatic heterocycles. The van der Waals surface area contributed by atoms with Crippen LogP contribution in [-0.2, 0) is 9.59 Å². The van der Waals surface area contributed by atoms with Crippen LogP contribution in [0.5, 0.6) is 23.0 Å². The minimum absolute atomic E-state index is 0.162. The molecule has 9 nitrogen and oxygen atoms in total. The molecule has 2 rings (SSSR count). The molecule has 0 aliphatic carbocycles. The summed E-state index contributed by atoms with van der Waals surface area (Å²) in [7, 11) is 0. The van der Waals surface area contributed by atoms with Gasteiger partial charge in [0.15, 0.2) is 23.0 Å². The van der Waals surface area contributed by atoms with Gasteiger partial charge < -0.3 is 18.9 Å². The predicted octanol–water partition coefficient (Wildman–Crippen LogP) is 6.16. The molecule has 0 saturated heterocycles. The highest BCUT2D eigenvalue weighted by atomic mass is 35.5. The Morgan fingerprint density at radius 2 is 1.51 bits per heavy atom. The van der Waals surface area contributed by atoms with Crippen LogP contribution >= 0.6 is 23.4 Å². The summed E-state index contributed by atoms with van der Waals surface area (Å²) >= 11 is 12.7. The Bertz CT molecular complexity index is 1060. The third-order valence-corrected chi connectivity index (χ3v) is 5.12. The molecule has 35 heavy (non-hydrogen) atoms. The standard InChI is InChI=1S/C24H29Cl2N3O6/c1-6-32-16-10-12-19(33-7-2)18(14-16)29(26)24(31)21(15(5)30)27-28-22-20(34-8-3)13-11-17(25)23(22)35-9-4/h10-14,21H,6-9H2,1-5H3. The number of nitrogens with zero attached hydrogens (tertiary/aromatic N) is 3. The van der Waals surface area contributed by atoms with Gasteiger partial charge in [-0.3, -0.25) is 9.59 Å². The number of azo groups is 1. The van der Waals surface area contributed by atoms with Gasteiger partial charge in [-0.05, 0) is 58.9 Å². The highest BCUT2D eigenvalue weighted by Crippen LogP contribution is 2.43. The van der Waals surface area contributed by atoms with Gasteiger partial charge in [-0.15, -0.1) is 5.11 Å². The van der Waals surface area contributed by atoms with Crippen molar-refractivity contribution in [2.75, 3.05) is 30.8 Å². The first-order valence-corrected chi connectivity index (χ1v) is 11.9. The topological polar surface area (TPSA) is 99.0 Å². The fourth-order valence-electron chi connectivity index (χ4n) is 3.01. The molecule has 2 aromatic rings. The van der Waals surface area contributed by atoms with Gasteiger partial charge in [0.25, 0.3) is 5.91 Å². The summed E-state index contributed by atoms with van der Waals surface area (Å²) in [6, 6.07) is 6.54. The number of carbonyl (C=O) groups is 2. The van der Waals surface area contributed by atoms with E-state index in [0.717, 1.165) is 4.42 Å². The number of rotatable bonds is 13. The van der Waals surface area contributed by atoms with Crippen LogP contribution in [0.3, 0.4) is 0 Å². The number of hydrogen-bond acceptors (Lipinski definition) is 8. The van der Waals surface area contributed by atoms with Crippen LogP contribution in [0.4, 0.5) is 11.4 Å². The quantitative estimate of drug-likeness (QED) is 0.176. The summed E-state index contributed by atoms with van der Waals surface area (Å²) < 4.78 is 23.1. The van der Waals surface area contributed by atoms with E-state index in [2.05, 4.69) is 10.2 Å². The van der Waals surface area contributed by atoms with Crippen molar-refractivity contribution in [3.8, 4) is 23.0 Å². The number of ether oxygens (including phenoxy) is 4. The molecule has 0 bridgehead atoms. The van der Waals surface area contributed by atoms with Gasteiger partial charge in [-0.2, -0.15) is 5.11 Å². The Morgan fingerprint density at radius 3 is 2.11 bits per heavy atom.